The van der Waals surface area contributed by atoms with Crippen molar-refractivity contribution >= 4 is 27.5 Å². The number of halogens is 2. The van der Waals surface area contributed by atoms with E-state index in [1.54, 1.807) is 4.68 Å². The molecule has 0 radical (unpaired) electrons. The minimum absolute atomic E-state index is 0.351. The molecule has 0 aliphatic carbocycles. The van der Waals surface area contributed by atoms with Gasteiger partial charge in [0.25, 0.3) is 0 Å². The van der Waals surface area contributed by atoms with Gasteiger partial charge in [-0.1, -0.05) is 33.6 Å². The van der Waals surface area contributed by atoms with E-state index in [1.165, 1.54) is 6.33 Å². The molecule has 2 rings (SSSR count). The van der Waals surface area contributed by atoms with Crippen molar-refractivity contribution in [1.29, 1.82) is 0 Å². The van der Waals surface area contributed by atoms with Crippen LogP contribution in [0.15, 0.2) is 24.5 Å². The summed E-state index contributed by atoms with van der Waals surface area (Å²) >= 11 is 9.47. The molecule has 0 aliphatic rings. The van der Waals surface area contributed by atoms with Gasteiger partial charge in [0.05, 0.1) is 5.02 Å². The third kappa shape index (κ3) is 2.98. The molecule has 0 fully saturated rings. The first-order valence-electron chi connectivity index (χ1n) is 5.01. The average molecular weight is 317 g/mol. The van der Waals surface area contributed by atoms with Crippen LogP contribution in [0, 0.1) is 0 Å². The number of rotatable bonds is 4. The molecule has 0 unspecified atom stereocenters. The Morgan fingerprint density at radius 3 is 2.88 bits per heavy atom. The molecule has 1 aromatic heterocycles. The van der Waals surface area contributed by atoms with E-state index in [-0.39, 0.29) is 0 Å². The fraction of sp³-hybridized carbons (Fsp3) is 0.273. The Kier molecular flexibility index (Phi) is 4.02. The quantitative estimate of drug-likeness (QED) is 0.814. The van der Waals surface area contributed by atoms with E-state index in [0.29, 0.717) is 17.4 Å². The molecule has 0 bridgehead atoms. The molecule has 4 nitrogen and oxygen atoms in total. The van der Waals surface area contributed by atoms with E-state index < -0.39 is 0 Å². The number of ether oxygens (including phenoxy) is 1. The van der Waals surface area contributed by atoms with Gasteiger partial charge in [-0.05, 0) is 17.7 Å². The first-order valence-corrected chi connectivity index (χ1v) is 6.50. The zero-order valence-corrected chi connectivity index (χ0v) is 11.6. The maximum absolute atomic E-state index is 6.10. The van der Waals surface area contributed by atoms with E-state index in [4.69, 9.17) is 16.3 Å². The van der Waals surface area contributed by atoms with Crippen molar-refractivity contribution in [2.45, 2.75) is 11.9 Å². The molecule has 0 aliphatic heterocycles. The van der Waals surface area contributed by atoms with E-state index in [2.05, 4.69) is 26.0 Å². The van der Waals surface area contributed by atoms with E-state index in [9.17, 15) is 0 Å². The molecule has 0 amide bonds. The second-order valence-electron chi connectivity index (χ2n) is 3.49. The van der Waals surface area contributed by atoms with Crippen LogP contribution in [-0.2, 0) is 19.0 Å². The first kappa shape index (κ1) is 12.4. The lowest BCUT2D eigenvalue weighted by Gasteiger charge is -2.08. The Morgan fingerprint density at radius 2 is 2.29 bits per heavy atom. The zero-order chi connectivity index (χ0) is 12.3. The summed E-state index contributed by atoms with van der Waals surface area (Å²) in [4.78, 5) is 4.07. The summed E-state index contributed by atoms with van der Waals surface area (Å²) in [5.74, 6) is 1.41. The average Bonchev–Trinajstić information content (AvgIpc) is 2.73. The summed E-state index contributed by atoms with van der Waals surface area (Å²) in [6.45, 7) is 0.351. The van der Waals surface area contributed by atoms with Crippen molar-refractivity contribution in [1.82, 2.24) is 14.8 Å². The normalized spacial score (nSPS) is 10.5. The number of hydrogen-bond donors (Lipinski definition) is 0. The van der Waals surface area contributed by atoms with Crippen molar-refractivity contribution in [3.63, 3.8) is 0 Å². The van der Waals surface area contributed by atoms with E-state index in [1.807, 2.05) is 25.2 Å². The van der Waals surface area contributed by atoms with E-state index >= 15 is 0 Å². The minimum atomic E-state index is 0.351. The number of nitrogens with zero attached hydrogens (tertiary/aromatic N) is 3. The summed E-state index contributed by atoms with van der Waals surface area (Å²) < 4.78 is 7.26. The van der Waals surface area contributed by atoms with Crippen molar-refractivity contribution in [2.24, 2.45) is 7.05 Å². The monoisotopic (exact) mass is 315 g/mol. The Hall–Kier alpha value is -1.07. The summed E-state index contributed by atoms with van der Waals surface area (Å²) in [5, 5.41) is 5.34. The molecule has 0 spiro atoms. The standard InChI is InChI=1S/C11H11BrClN3O/c1-16-11(14-7-15-16)6-17-10-3-2-8(5-12)4-9(10)13/h2-4,7H,5-6H2,1H3. The lowest BCUT2D eigenvalue weighted by molar-refractivity contribution is 0.290. The van der Waals surface area contributed by atoms with Gasteiger partial charge in [-0.25, -0.2) is 4.98 Å². The number of aromatic nitrogens is 3. The van der Waals surface area contributed by atoms with E-state index in [0.717, 1.165) is 16.7 Å². The Morgan fingerprint density at radius 1 is 1.47 bits per heavy atom. The zero-order valence-electron chi connectivity index (χ0n) is 9.23. The predicted molar refractivity (Wildman–Crippen MR) is 69.4 cm³/mol. The molecular formula is C11H11BrClN3O. The molecule has 17 heavy (non-hydrogen) atoms. The van der Waals surface area contributed by atoms with Crippen molar-refractivity contribution < 1.29 is 4.74 Å². The number of hydrogen-bond acceptors (Lipinski definition) is 3. The number of benzene rings is 1. The largest absolute Gasteiger partial charge is 0.484 e. The molecule has 1 aromatic carbocycles. The molecule has 90 valence electrons. The molecule has 0 N–H and O–H groups in total. The number of alkyl halides is 1. The predicted octanol–water partition coefficient (Wildman–Crippen LogP) is 2.94. The smallest absolute Gasteiger partial charge is 0.164 e. The van der Waals surface area contributed by atoms with Gasteiger partial charge in [0, 0.05) is 12.4 Å². The highest BCUT2D eigenvalue weighted by Crippen LogP contribution is 2.26. The molecule has 0 atom stereocenters. The Balaban J connectivity index is 2.07. The van der Waals surface area contributed by atoms with Gasteiger partial charge in [0.2, 0.25) is 0 Å². The number of aryl methyl sites for hydroxylation is 1. The van der Waals surface area contributed by atoms with Crippen LogP contribution >= 0.6 is 27.5 Å². The Bertz CT molecular complexity index is 515. The minimum Gasteiger partial charge on any atom is -0.484 e. The fourth-order valence-corrected chi connectivity index (χ4v) is 1.94. The maximum atomic E-state index is 6.10. The molecular weight excluding hydrogens is 305 g/mol. The third-order valence-corrected chi connectivity index (χ3v) is 3.26. The SMILES string of the molecule is Cn1ncnc1COc1ccc(CBr)cc1Cl. The highest BCUT2D eigenvalue weighted by molar-refractivity contribution is 9.08. The topological polar surface area (TPSA) is 39.9 Å². The second kappa shape index (κ2) is 5.51. The van der Waals surface area contributed by atoms with Gasteiger partial charge in [-0.3, -0.25) is 4.68 Å². The lowest BCUT2D eigenvalue weighted by atomic mass is 10.2. The van der Waals surface area contributed by atoms with Gasteiger partial charge in [-0.15, -0.1) is 0 Å². The van der Waals surface area contributed by atoms with Crippen LogP contribution in [0.2, 0.25) is 5.02 Å². The van der Waals surface area contributed by atoms with Crippen LogP contribution in [-0.4, -0.2) is 14.8 Å². The van der Waals surface area contributed by atoms with Crippen LogP contribution in [0.25, 0.3) is 0 Å². The van der Waals surface area contributed by atoms with Gasteiger partial charge >= 0.3 is 0 Å². The third-order valence-electron chi connectivity index (χ3n) is 2.31. The van der Waals surface area contributed by atoms with Gasteiger partial charge in [0.15, 0.2) is 5.82 Å². The summed E-state index contributed by atoms with van der Waals surface area (Å²) in [6.07, 6.45) is 1.49. The van der Waals surface area contributed by atoms with Crippen molar-refractivity contribution in [3.05, 3.63) is 40.9 Å². The highest BCUT2D eigenvalue weighted by atomic mass is 79.9. The Labute approximate surface area is 113 Å². The fourth-order valence-electron chi connectivity index (χ4n) is 1.34. The van der Waals surface area contributed by atoms with Gasteiger partial charge in [0.1, 0.15) is 18.7 Å². The summed E-state index contributed by atoms with van der Waals surface area (Å²) in [6, 6.07) is 5.70. The molecule has 2 aromatic rings. The van der Waals surface area contributed by atoms with Crippen molar-refractivity contribution in [2.75, 3.05) is 0 Å². The van der Waals surface area contributed by atoms with Crippen LogP contribution in [0.5, 0.6) is 5.75 Å². The van der Waals surface area contributed by atoms with Crippen molar-refractivity contribution in [3.8, 4) is 5.75 Å². The second-order valence-corrected chi connectivity index (χ2v) is 4.45. The maximum Gasteiger partial charge on any atom is 0.164 e. The first-order chi connectivity index (χ1) is 8.20. The molecule has 0 saturated heterocycles. The summed E-state index contributed by atoms with van der Waals surface area (Å²) in [7, 11) is 1.82. The highest BCUT2D eigenvalue weighted by Gasteiger charge is 2.05. The van der Waals surface area contributed by atoms with Crippen LogP contribution in [0.1, 0.15) is 11.4 Å². The van der Waals surface area contributed by atoms with Gasteiger partial charge in [-0.2, -0.15) is 5.10 Å². The van der Waals surface area contributed by atoms with Crippen LogP contribution in [0.4, 0.5) is 0 Å². The van der Waals surface area contributed by atoms with Crippen LogP contribution in [0.3, 0.4) is 0 Å². The van der Waals surface area contributed by atoms with Crippen LogP contribution < -0.4 is 4.74 Å². The molecule has 6 heteroatoms. The lowest BCUT2D eigenvalue weighted by Crippen LogP contribution is -2.04. The molecule has 0 saturated carbocycles. The van der Waals surface area contributed by atoms with Gasteiger partial charge < -0.3 is 4.74 Å². The summed E-state index contributed by atoms with van der Waals surface area (Å²) in [5.41, 5.74) is 1.11. The molecule has 1 heterocycles.